The van der Waals surface area contributed by atoms with Gasteiger partial charge in [-0.1, -0.05) is 18.2 Å². The summed E-state index contributed by atoms with van der Waals surface area (Å²) in [4.78, 5) is 32.1. The number of methoxy groups -OCH3 is 1. The van der Waals surface area contributed by atoms with Gasteiger partial charge in [0.15, 0.2) is 0 Å². The zero-order valence-corrected chi connectivity index (χ0v) is 21.8. The predicted molar refractivity (Wildman–Crippen MR) is 137 cm³/mol. The van der Waals surface area contributed by atoms with Crippen LogP contribution in [0.3, 0.4) is 0 Å². The molecule has 1 aromatic rings. The number of hydrogen-bond donors (Lipinski definition) is 1. The highest BCUT2D eigenvalue weighted by Gasteiger charge is 2.50. The number of rotatable bonds is 8. The first-order valence-electron chi connectivity index (χ1n) is 13.0. The van der Waals surface area contributed by atoms with E-state index in [4.69, 9.17) is 9.47 Å². The third-order valence-electron chi connectivity index (χ3n) is 7.50. The first kappa shape index (κ1) is 27.9. The van der Waals surface area contributed by atoms with Crippen LogP contribution in [0.4, 0.5) is 13.2 Å². The second kappa shape index (κ2) is 11.7. The van der Waals surface area contributed by atoms with Crippen molar-refractivity contribution in [1.29, 1.82) is 0 Å². The van der Waals surface area contributed by atoms with Gasteiger partial charge in [0, 0.05) is 55.9 Å². The number of carbonyl (C=O) groups excluding carboxylic acids is 2. The normalized spacial score (nSPS) is 21.0. The van der Waals surface area contributed by atoms with E-state index < -0.39 is 23.3 Å². The molecule has 0 unspecified atom stereocenters. The van der Waals surface area contributed by atoms with E-state index in [0.29, 0.717) is 55.6 Å². The lowest BCUT2D eigenvalue weighted by atomic mass is 9.82. The van der Waals surface area contributed by atoms with Crippen LogP contribution in [0, 0.1) is 0 Å². The third-order valence-corrected chi connectivity index (χ3v) is 7.50. The summed E-state index contributed by atoms with van der Waals surface area (Å²) in [5, 5.41) is 2.79. The minimum absolute atomic E-state index is 0.000670. The minimum atomic E-state index is -4.34. The van der Waals surface area contributed by atoms with Crippen LogP contribution in [0.1, 0.15) is 44.6 Å². The Morgan fingerprint density at radius 3 is 2.66 bits per heavy atom. The Labute approximate surface area is 220 Å². The number of para-hydroxylation sites is 1. The summed E-state index contributed by atoms with van der Waals surface area (Å²) in [6, 6.07) is 7.90. The fraction of sp³-hybridized carbons (Fsp3) is 0.536. The Morgan fingerprint density at radius 2 is 1.95 bits per heavy atom. The summed E-state index contributed by atoms with van der Waals surface area (Å²) >= 11 is 0. The van der Waals surface area contributed by atoms with Crippen molar-refractivity contribution in [2.45, 2.75) is 57.2 Å². The van der Waals surface area contributed by atoms with Crippen molar-refractivity contribution in [3.63, 3.8) is 0 Å². The zero-order chi connectivity index (χ0) is 27.3. The number of halogens is 3. The molecule has 38 heavy (non-hydrogen) atoms. The van der Waals surface area contributed by atoms with Gasteiger partial charge in [-0.3, -0.25) is 9.79 Å². The quantitative estimate of drug-likeness (QED) is 0.401. The molecule has 0 radical (unpaired) electrons. The SMILES string of the molecule is COc1ccccc1CCN1CCC2(CC1)OC(=O)C(C)=C2C(=O)NCCN=C1C=C(C(F)(F)F)CCC1. The molecular formula is C28H34F3N3O4. The van der Waals surface area contributed by atoms with Crippen molar-refractivity contribution in [3.8, 4) is 5.75 Å². The number of likely N-dealkylation sites (tertiary alicyclic amines) is 1. The molecule has 1 saturated heterocycles. The van der Waals surface area contributed by atoms with Crippen LogP contribution in [-0.2, 0) is 20.7 Å². The van der Waals surface area contributed by atoms with Gasteiger partial charge in [-0.2, -0.15) is 13.2 Å². The molecule has 0 saturated carbocycles. The molecule has 0 aromatic heterocycles. The van der Waals surface area contributed by atoms with Crippen molar-refractivity contribution < 1.29 is 32.2 Å². The largest absolute Gasteiger partial charge is 0.496 e. The van der Waals surface area contributed by atoms with E-state index in [2.05, 4.69) is 15.2 Å². The molecule has 0 atom stereocenters. The van der Waals surface area contributed by atoms with Crippen LogP contribution < -0.4 is 10.1 Å². The Hall–Kier alpha value is -3.14. The average Bonchev–Trinajstić information content (AvgIpc) is 3.14. The first-order chi connectivity index (χ1) is 18.1. The van der Waals surface area contributed by atoms with Crippen LogP contribution in [0.25, 0.3) is 0 Å². The predicted octanol–water partition coefficient (Wildman–Crippen LogP) is 4.18. The van der Waals surface area contributed by atoms with E-state index in [1.54, 1.807) is 14.0 Å². The molecule has 4 rings (SSSR count). The van der Waals surface area contributed by atoms with Gasteiger partial charge in [0.2, 0.25) is 0 Å². The number of benzene rings is 1. The van der Waals surface area contributed by atoms with E-state index in [-0.39, 0.29) is 25.4 Å². The second-order valence-electron chi connectivity index (χ2n) is 9.94. The van der Waals surface area contributed by atoms with Crippen LogP contribution in [0.2, 0.25) is 0 Å². The highest BCUT2D eigenvalue weighted by molar-refractivity contribution is 6.07. The summed E-state index contributed by atoms with van der Waals surface area (Å²) < 4.78 is 50.1. The number of nitrogens with zero attached hydrogens (tertiary/aromatic N) is 2. The van der Waals surface area contributed by atoms with Gasteiger partial charge in [0.25, 0.3) is 5.91 Å². The number of nitrogens with one attached hydrogen (secondary N) is 1. The maximum Gasteiger partial charge on any atom is 0.412 e. The lowest BCUT2D eigenvalue weighted by molar-refractivity contribution is -0.150. The summed E-state index contributed by atoms with van der Waals surface area (Å²) in [7, 11) is 1.66. The Balaban J connectivity index is 1.32. The maximum atomic E-state index is 13.1. The molecule has 2 aliphatic heterocycles. The number of ether oxygens (including phenoxy) is 2. The average molecular weight is 534 g/mol. The van der Waals surface area contributed by atoms with Crippen molar-refractivity contribution >= 4 is 17.6 Å². The highest BCUT2D eigenvalue weighted by atomic mass is 19.4. The Bertz CT molecular complexity index is 1150. The maximum absolute atomic E-state index is 13.1. The summed E-state index contributed by atoms with van der Waals surface area (Å²) in [6.45, 7) is 4.09. The van der Waals surface area contributed by atoms with Gasteiger partial charge in [0.1, 0.15) is 11.4 Å². The van der Waals surface area contributed by atoms with E-state index >= 15 is 0 Å². The van der Waals surface area contributed by atoms with Crippen LogP contribution in [-0.4, -0.2) is 74.1 Å². The van der Waals surface area contributed by atoms with Crippen molar-refractivity contribution in [2.24, 2.45) is 4.99 Å². The molecular weight excluding hydrogens is 499 g/mol. The van der Waals surface area contributed by atoms with Gasteiger partial charge >= 0.3 is 12.1 Å². The monoisotopic (exact) mass is 533 g/mol. The molecule has 1 spiro atoms. The van der Waals surface area contributed by atoms with Gasteiger partial charge in [0.05, 0.1) is 19.2 Å². The zero-order valence-electron chi connectivity index (χ0n) is 21.8. The Morgan fingerprint density at radius 1 is 1.21 bits per heavy atom. The van der Waals surface area contributed by atoms with Gasteiger partial charge in [-0.05, 0) is 50.3 Å². The summed E-state index contributed by atoms with van der Waals surface area (Å²) in [5.41, 5.74) is 0.666. The highest BCUT2D eigenvalue weighted by Crippen LogP contribution is 2.41. The van der Waals surface area contributed by atoms with Crippen LogP contribution >= 0.6 is 0 Å². The molecule has 1 amide bonds. The number of hydrogen-bond acceptors (Lipinski definition) is 6. The van der Waals surface area contributed by atoms with E-state index in [1.165, 1.54) is 0 Å². The van der Waals surface area contributed by atoms with E-state index in [0.717, 1.165) is 30.4 Å². The number of amides is 1. The van der Waals surface area contributed by atoms with Crippen LogP contribution in [0.15, 0.2) is 52.1 Å². The fourth-order valence-electron chi connectivity index (χ4n) is 5.41. The Kier molecular flexibility index (Phi) is 8.60. The third kappa shape index (κ3) is 6.28. The smallest absolute Gasteiger partial charge is 0.412 e. The molecule has 1 N–H and O–H groups in total. The second-order valence-corrected chi connectivity index (χ2v) is 9.94. The summed E-state index contributed by atoms with van der Waals surface area (Å²) in [6.07, 6.45) is -0.500. The molecule has 3 aliphatic rings. The van der Waals surface area contributed by atoms with Gasteiger partial charge < -0.3 is 19.7 Å². The standard InChI is InChI=1S/C28H34F3N3O4/c1-19-24(25(35)33-14-13-32-22-8-5-7-21(18-22)28(29,30)31)27(38-26(19)36)11-16-34(17-12-27)15-10-20-6-3-4-9-23(20)37-2/h3-4,6,9,18H,5,7-8,10-17H2,1-2H3,(H,33,35). The number of allylic oxidation sites excluding steroid dienone is 2. The molecule has 1 aliphatic carbocycles. The number of aliphatic imine (C=N–C) groups is 1. The topological polar surface area (TPSA) is 80.2 Å². The summed E-state index contributed by atoms with van der Waals surface area (Å²) in [5.74, 6) is -0.00951. The molecule has 206 valence electrons. The van der Waals surface area contributed by atoms with Gasteiger partial charge in [-0.15, -0.1) is 0 Å². The fourth-order valence-corrected chi connectivity index (χ4v) is 5.41. The molecule has 10 heteroatoms. The lowest BCUT2D eigenvalue weighted by Crippen LogP contribution is -2.49. The minimum Gasteiger partial charge on any atom is -0.496 e. The molecule has 0 bridgehead atoms. The first-order valence-corrected chi connectivity index (χ1v) is 13.0. The van der Waals surface area contributed by atoms with Crippen LogP contribution in [0.5, 0.6) is 5.75 Å². The molecule has 1 fully saturated rings. The van der Waals surface area contributed by atoms with Gasteiger partial charge in [-0.25, -0.2) is 4.79 Å². The molecule has 7 nitrogen and oxygen atoms in total. The molecule has 2 heterocycles. The number of alkyl halides is 3. The van der Waals surface area contributed by atoms with E-state index in [9.17, 15) is 22.8 Å². The number of esters is 1. The van der Waals surface area contributed by atoms with Crippen molar-refractivity contribution in [2.75, 3.05) is 39.8 Å². The van der Waals surface area contributed by atoms with Crippen molar-refractivity contribution in [1.82, 2.24) is 10.2 Å². The number of carbonyl (C=O) groups is 2. The lowest BCUT2D eigenvalue weighted by Gasteiger charge is -2.39. The van der Waals surface area contributed by atoms with Crippen molar-refractivity contribution in [3.05, 3.63) is 52.6 Å². The molecule has 1 aromatic carbocycles. The number of piperidine rings is 1. The van der Waals surface area contributed by atoms with E-state index in [1.807, 2.05) is 24.3 Å².